The Morgan fingerprint density at radius 1 is 1.00 bits per heavy atom. The van der Waals surface area contributed by atoms with Gasteiger partial charge in [-0.15, -0.1) is 0 Å². The van der Waals surface area contributed by atoms with Crippen molar-refractivity contribution in [2.75, 3.05) is 18.7 Å². The van der Waals surface area contributed by atoms with Crippen molar-refractivity contribution in [3.63, 3.8) is 0 Å². The molecule has 1 N–H and O–H groups in total. The Morgan fingerprint density at radius 3 is 2.63 bits per heavy atom. The van der Waals surface area contributed by atoms with Crippen molar-refractivity contribution in [2.24, 2.45) is 0 Å². The van der Waals surface area contributed by atoms with Gasteiger partial charge in [-0.25, -0.2) is 0 Å². The monoisotopic (exact) mass is 420 g/mol. The van der Waals surface area contributed by atoms with Gasteiger partial charge in [-0.05, 0) is 42.0 Å². The van der Waals surface area contributed by atoms with E-state index in [4.69, 9.17) is 21.1 Å². The molecule has 3 aromatic rings. The van der Waals surface area contributed by atoms with Crippen LogP contribution in [-0.2, 0) is 4.79 Å². The molecule has 150 valence electrons. The predicted molar refractivity (Wildman–Crippen MR) is 112 cm³/mol. The van der Waals surface area contributed by atoms with Crippen LogP contribution < -0.4 is 14.8 Å². The number of amides is 2. The summed E-state index contributed by atoms with van der Waals surface area (Å²) in [5, 5.41) is 3.42. The highest BCUT2D eigenvalue weighted by atomic mass is 35.5. The zero-order valence-electron chi connectivity index (χ0n) is 15.8. The fourth-order valence-corrected chi connectivity index (χ4v) is 4.04. The van der Waals surface area contributed by atoms with Gasteiger partial charge < -0.3 is 19.7 Å². The van der Waals surface area contributed by atoms with Gasteiger partial charge in [0, 0.05) is 21.8 Å². The van der Waals surface area contributed by atoms with Crippen molar-refractivity contribution in [2.45, 2.75) is 6.04 Å². The van der Waals surface area contributed by atoms with E-state index in [1.807, 2.05) is 30.3 Å². The second-order valence-corrected chi connectivity index (χ2v) is 7.53. The number of carbonyl (C=O) groups is 2. The first-order chi connectivity index (χ1) is 14.6. The third kappa shape index (κ3) is 3.25. The van der Waals surface area contributed by atoms with Crippen LogP contribution in [0.1, 0.15) is 27.5 Å². The summed E-state index contributed by atoms with van der Waals surface area (Å²) in [5.41, 5.74) is 2.69. The molecule has 0 unspecified atom stereocenters. The molecule has 0 bridgehead atoms. The smallest absolute Gasteiger partial charge is 0.255 e. The van der Waals surface area contributed by atoms with Gasteiger partial charge in [-0.3, -0.25) is 9.59 Å². The molecule has 7 heteroatoms. The van der Waals surface area contributed by atoms with Gasteiger partial charge in [0.25, 0.3) is 5.91 Å². The highest BCUT2D eigenvalue weighted by molar-refractivity contribution is 6.30. The lowest BCUT2D eigenvalue weighted by atomic mass is 9.95. The van der Waals surface area contributed by atoms with E-state index in [-0.39, 0.29) is 25.2 Å². The lowest BCUT2D eigenvalue weighted by Gasteiger charge is -2.30. The number of hydrogen-bond donors (Lipinski definition) is 1. The van der Waals surface area contributed by atoms with Gasteiger partial charge in [-0.1, -0.05) is 41.9 Å². The second kappa shape index (κ2) is 7.39. The van der Waals surface area contributed by atoms with Crippen molar-refractivity contribution in [1.82, 2.24) is 4.90 Å². The van der Waals surface area contributed by atoms with Crippen LogP contribution in [0.25, 0.3) is 0 Å². The highest BCUT2D eigenvalue weighted by Crippen LogP contribution is 2.39. The molecule has 2 aliphatic rings. The van der Waals surface area contributed by atoms with E-state index in [2.05, 4.69) is 5.32 Å². The third-order valence-corrected chi connectivity index (χ3v) is 5.44. The molecule has 2 heterocycles. The number of halogens is 1. The molecule has 3 aromatic carbocycles. The van der Waals surface area contributed by atoms with Crippen LogP contribution in [0.5, 0.6) is 11.5 Å². The van der Waals surface area contributed by atoms with Gasteiger partial charge in [0.05, 0.1) is 6.04 Å². The predicted octanol–water partition coefficient (Wildman–Crippen LogP) is 4.25. The van der Waals surface area contributed by atoms with Gasteiger partial charge in [0.1, 0.15) is 6.54 Å². The summed E-state index contributed by atoms with van der Waals surface area (Å²) in [6, 6.07) is 19.4. The first-order valence-corrected chi connectivity index (χ1v) is 9.83. The van der Waals surface area contributed by atoms with E-state index < -0.39 is 6.04 Å². The maximum absolute atomic E-state index is 13.6. The standard InChI is InChI=1S/C23H17ClN2O4/c24-16-7-8-18-17(11-16)22(14-4-2-1-3-5-14)26(12-21(27)25-18)23(28)15-6-9-19-20(10-15)30-13-29-19/h1-11,22H,12-13H2,(H,25,27)/t22-/m0/s1. The van der Waals surface area contributed by atoms with E-state index in [1.54, 1.807) is 41.3 Å². The highest BCUT2D eigenvalue weighted by Gasteiger charge is 2.34. The fraction of sp³-hybridized carbons (Fsp3) is 0.130. The molecule has 0 saturated heterocycles. The summed E-state index contributed by atoms with van der Waals surface area (Å²) in [6.07, 6.45) is 0. The average molecular weight is 421 g/mol. The zero-order valence-corrected chi connectivity index (χ0v) is 16.6. The number of carbonyl (C=O) groups excluding carboxylic acids is 2. The van der Waals surface area contributed by atoms with Crippen LogP contribution in [0.4, 0.5) is 5.69 Å². The second-order valence-electron chi connectivity index (χ2n) is 7.09. The van der Waals surface area contributed by atoms with Crippen molar-refractivity contribution in [1.29, 1.82) is 0 Å². The topological polar surface area (TPSA) is 67.9 Å². The van der Waals surface area contributed by atoms with E-state index >= 15 is 0 Å². The summed E-state index contributed by atoms with van der Waals surface area (Å²) in [7, 11) is 0. The molecule has 0 aromatic heterocycles. The number of nitrogens with one attached hydrogen (secondary N) is 1. The Hall–Kier alpha value is -3.51. The Morgan fingerprint density at radius 2 is 1.80 bits per heavy atom. The van der Waals surface area contributed by atoms with Crippen molar-refractivity contribution in [3.8, 4) is 11.5 Å². The quantitative estimate of drug-likeness (QED) is 0.673. The largest absolute Gasteiger partial charge is 0.454 e. The maximum atomic E-state index is 13.6. The molecular weight excluding hydrogens is 404 g/mol. The average Bonchev–Trinajstić information content (AvgIpc) is 3.17. The van der Waals surface area contributed by atoms with Crippen LogP contribution in [0.15, 0.2) is 66.7 Å². The fourth-order valence-electron chi connectivity index (χ4n) is 3.86. The number of fused-ring (bicyclic) bond motifs is 2. The zero-order chi connectivity index (χ0) is 20.7. The van der Waals surface area contributed by atoms with Crippen LogP contribution in [-0.4, -0.2) is 30.1 Å². The van der Waals surface area contributed by atoms with Gasteiger partial charge in [-0.2, -0.15) is 0 Å². The minimum Gasteiger partial charge on any atom is -0.454 e. The SMILES string of the molecule is O=C1CN(C(=O)c2ccc3c(c2)OCO3)[C@@H](c2ccccc2)c2cc(Cl)ccc2N1. The Bertz CT molecular complexity index is 1150. The number of rotatable bonds is 2. The molecule has 1 atom stereocenters. The number of anilines is 1. The third-order valence-electron chi connectivity index (χ3n) is 5.20. The Labute approximate surface area is 178 Å². The van der Waals surface area contributed by atoms with E-state index in [0.29, 0.717) is 27.8 Å². The van der Waals surface area contributed by atoms with Crippen molar-refractivity contribution < 1.29 is 19.1 Å². The number of ether oxygens (including phenoxy) is 2. The summed E-state index contributed by atoms with van der Waals surface area (Å²) in [6.45, 7) is 0.0246. The van der Waals surface area contributed by atoms with E-state index in [0.717, 1.165) is 11.1 Å². The Kier molecular flexibility index (Phi) is 4.56. The normalized spacial score (nSPS) is 17.2. The van der Waals surface area contributed by atoms with E-state index in [1.165, 1.54) is 0 Å². The minimum absolute atomic E-state index is 0.0981. The molecule has 30 heavy (non-hydrogen) atoms. The Balaban J connectivity index is 1.64. The van der Waals surface area contributed by atoms with Crippen molar-refractivity contribution >= 4 is 29.1 Å². The number of hydrogen-bond acceptors (Lipinski definition) is 4. The van der Waals surface area contributed by atoms with E-state index in [9.17, 15) is 9.59 Å². The van der Waals surface area contributed by atoms with Crippen LogP contribution in [0.2, 0.25) is 5.02 Å². The molecule has 5 rings (SSSR count). The van der Waals surface area contributed by atoms with Crippen LogP contribution in [0.3, 0.4) is 0 Å². The molecule has 2 aliphatic heterocycles. The summed E-state index contributed by atoms with van der Waals surface area (Å²) < 4.78 is 10.8. The molecule has 0 spiro atoms. The first-order valence-electron chi connectivity index (χ1n) is 9.45. The molecule has 0 aliphatic carbocycles. The minimum atomic E-state index is -0.489. The molecule has 0 fully saturated rings. The van der Waals surface area contributed by atoms with Crippen molar-refractivity contribution in [3.05, 3.63) is 88.4 Å². The first kappa shape index (κ1) is 18.5. The summed E-state index contributed by atoms with van der Waals surface area (Å²) in [4.78, 5) is 27.8. The molecule has 2 amide bonds. The van der Waals surface area contributed by atoms with Crippen LogP contribution >= 0.6 is 11.6 Å². The molecule has 6 nitrogen and oxygen atoms in total. The van der Waals surface area contributed by atoms with Crippen LogP contribution in [0, 0.1) is 0 Å². The van der Waals surface area contributed by atoms with Gasteiger partial charge in [0.2, 0.25) is 12.7 Å². The maximum Gasteiger partial charge on any atom is 0.255 e. The molecule has 0 radical (unpaired) electrons. The lowest BCUT2D eigenvalue weighted by molar-refractivity contribution is -0.117. The van der Waals surface area contributed by atoms with Gasteiger partial charge in [0.15, 0.2) is 11.5 Å². The molecular formula is C23H17ClN2O4. The summed E-state index contributed by atoms with van der Waals surface area (Å²) >= 11 is 6.28. The van der Waals surface area contributed by atoms with Gasteiger partial charge >= 0.3 is 0 Å². The lowest BCUT2D eigenvalue weighted by Crippen LogP contribution is -2.39. The number of nitrogens with zero attached hydrogens (tertiary/aromatic N) is 1. The molecule has 0 saturated carbocycles. The number of benzene rings is 3. The summed E-state index contributed by atoms with van der Waals surface area (Å²) in [5.74, 6) is 0.549.